The van der Waals surface area contributed by atoms with Crippen LogP contribution in [0.2, 0.25) is 0 Å². The van der Waals surface area contributed by atoms with E-state index in [-0.39, 0.29) is 0 Å². The van der Waals surface area contributed by atoms with Crippen LogP contribution in [0.15, 0.2) is 0 Å². The van der Waals surface area contributed by atoms with Crippen molar-refractivity contribution in [3.05, 3.63) is 0 Å². The normalized spacial score (nSPS) is 7.85. The van der Waals surface area contributed by atoms with Crippen molar-refractivity contribution in [2.24, 2.45) is 5.73 Å². The summed E-state index contributed by atoms with van der Waals surface area (Å²) in [5.74, 6) is 0. The molecule has 1 nitrogen and oxygen atoms in total. The molecule has 0 radical (unpaired) electrons. The van der Waals surface area contributed by atoms with Gasteiger partial charge in [0.25, 0.3) is 0 Å². The summed E-state index contributed by atoms with van der Waals surface area (Å²) in [5, 5.41) is 0. The Kier molecular flexibility index (Phi) is 42.6. The molecule has 0 heterocycles. The average molecular weight is 189 g/mol. The highest BCUT2D eigenvalue weighted by Crippen LogP contribution is 2.05. The first kappa shape index (κ1) is 18.7. The molecule has 0 spiro atoms. The summed E-state index contributed by atoms with van der Waals surface area (Å²) < 4.78 is 0. The molecule has 0 aromatic carbocycles. The number of unbranched alkanes of at least 4 members (excludes halogenated alkanes) is 6. The molecular formula is C12H31N. The molecule has 0 amide bonds. The summed E-state index contributed by atoms with van der Waals surface area (Å²) in [6, 6.07) is 0. The Bertz CT molecular complexity index is 38.4. The summed E-state index contributed by atoms with van der Waals surface area (Å²) >= 11 is 0. The second kappa shape index (κ2) is 29.7. The number of rotatable bonds is 6. The van der Waals surface area contributed by atoms with Crippen molar-refractivity contribution in [2.75, 3.05) is 7.05 Å². The zero-order chi connectivity index (χ0) is 10.9. The van der Waals surface area contributed by atoms with Crippen molar-refractivity contribution in [3.8, 4) is 0 Å². The van der Waals surface area contributed by atoms with Gasteiger partial charge in [-0.15, -0.1) is 0 Å². The molecule has 0 aliphatic rings. The summed E-state index contributed by atoms with van der Waals surface area (Å²) in [7, 11) is 1.50. The number of hydrogen-bond donors (Lipinski definition) is 1. The fourth-order valence-corrected chi connectivity index (χ4v) is 1.03. The van der Waals surface area contributed by atoms with Crippen molar-refractivity contribution in [1.29, 1.82) is 0 Å². The molecule has 0 unspecified atom stereocenters. The summed E-state index contributed by atoms with van der Waals surface area (Å²) in [4.78, 5) is 0. The Balaban J connectivity index is -0.000000218. The van der Waals surface area contributed by atoms with E-state index in [4.69, 9.17) is 0 Å². The van der Waals surface area contributed by atoms with Crippen LogP contribution in [0.5, 0.6) is 0 Å². The molecule has 0 bridgehead atoms. The standard InChI is InChI=1S/C9H20.C2H6.CH5N/c1-3-5-7-9-8-6-4-2;2*1-2/h3-9H2,1-2H3;1-2H3;2H2,1H3. The summed E-state index contributed by atoms with van der Waals surface area (Å²) in [5.41, 5.74) is 4.50. The molecule has 0 aromatic rings. The lowest BCUT2D eigenvalue weighted by Gasteiger charge is -1.96. The number of hydrogen-bond acceptors (Lipinski definition) is 1. The van der Waals surface area contributed by atoms with E-state index in [1.165, 1.54) is 52.0 Å². The van der Waals surface area contributed by atoms with E-state index in [0.717, 1.165) is 0 Å². The van der Waals surface area contributed by atoms with Gasteiger partial charge in [0.1, 0.15) is 0 Å². The lowest BCUT2D eigenvalue weighted by molar-refractivity contribution is 0.602. The molecule has 0 aliphatic heterocycles. The molecular weight excluding hydrogens is 158 g/mol. The van der Waals surface area contributed by atoms with Gasteiger partial charge in [-0.3, -0.25) is 0 Å². The van der Waals surface area contributed by atoms with E-state index in [1.54, 1.807) is 0 Å². The fourth-order valence-electron chi connectivity index (χ4n) is 1.03. The molecule has 0 atom stereocenters. The third-order valence-electron chi connectivity index (χ3n) is 1.71. The summed E-state index contributed by atoms with van der Waals surface area (Å²) in [6.07, 6.45) is 9.97. The van der Waals surface area contributed by atoms with Crippen LogP contribution in [0.1, 0.15) is 72.6 Å². The average Bonchev–Trinajstić information content (AvgIpc) is 2.24. The van der Waals surface area contributed by atoms with Crippen LogP contribution in [0.25, 0.3) is 0 Å². The van der Waals surface area contributed by atoms with E-state index >= 15 is 0 Å². The van der Waals surface area contributed by atoms with Gasteiger partial charge in [0.2, 0.25) is 0 Å². The van der Waals surface area contributed by atoms with Crippen molar-refractivity contribution in [2.45, 2.75) is 72.6 Å². The monoisotopic (exact) mass is 189 g/mol. The van der Waals surface area contributed by atoms with Crippen molar-refractivity contribution in [3.63, 3.8) is 0 Å². The van der Waals surface area contributed by atoms with Crippen LogP contribution in [0.4, 0.5) is 0 Å². The molecule has 2 N–H and O–H groups in total. The summed E-state index contributed by atoms with van der Waals surface area (Å²) in [6.45, 7) is 8.53. The predicted molar refractivity (Wildman–Crippen MR) is 65.1 cm³/mol. The smallest absolute Gasteiger partial charge is 0.0195 e. The second-order valence-electron chi connectivity index (χ2n) is 2.77. The zero-order valence-corrected chi connectivity index (χ0v) is 10.5. The highest BCUT2D eigenvalue weighted by Gasteiger charge is 1.85. The first-order valence-electron chi connectivity index (χ1n) is 5.99. The minimum Gasteiger partial charge on any atom is -0.333 e. The first-order chi connectivity index (χ1) is 6.41. The van der Waals surface area contributed by atoms with Crippen LogP contribution < -0.4 is 5.73 Å². The maximum Gasteiger partial charge on any atom is -0.0195 e. The minimum atomic E-state index is 1.37. The van der Waals surface area contributed by atoms with Crippen molar-refractivity contribution < 1.29 is 0 Å². The maximum absolute atomic E-state index is 4.50. The van der Waals surface area contributed by atoms with Gasteiger partial charge in [-0.2, -0.15) is 0 Å². The Labute approximate surface area is 86.1 Å². The largest absolute Gasteiger partial charge is 0.333 e. The van der Waals surface area contributed by atoms with Gasteiger partial charge in [-0.1, -0.05) is 72.6 Å². The first-order valence-corrected chi connectivity index (χ1v) is 5.99. The van der Waals surface area contributed by atoms with Crippen LogP contribution in [-0.4, -0.2) is 7.05 Å². The molecule has 1 heteroatoms. The molecule has 0 saturated heterocycles. The molecule has 84 valence electrons. The van der Waals surface area contributed by atoms with Gasteiger partial charge in [-0.05, 0) is 7.05 Å². The Morgan fingerprint density at radius 3 is 1.08 bits per heavy atom. The minimum absolute atomic E-state index is 1.37. The Morgan fingerprint density at radius 2 is 0.846 bits per heavy atom. The third kappa shape index (κ3) is 33.4. The van der Waals surface area contributed by atoms with Gasteiger partial charge >= 0.3 is 0 Å². The van der Waals surface area contributed by atoms with E-state index < -0.39 is 0 Å². The van der Waals surface area contributed by atoms with Gasteiger partial charge in [-0.25, -0.2) is 0 Å². The van der Waals surface area contributed by atoms with Crippen molar-refractivity contribution in [1.82, 2.24) is 0 Å². The lowest BCUT2D eigenvalue weighted by Crippen LogP contribution is -1.76. The van der Waals surface area contributed by atoms with E-state index in [0.29, 0.717) is 0 Å². The zero-order valence-electron chi connectivity index (χ0n) is 10.5. The molecule has 0 rings (SSSR count). The molecule has 0 fully saturated rings. The van der Waals surface area contributed by atoms with Gasteiger partial charge in [0.15, 0.2) is 0 Å². The second-order valence-corrected chi connectivity index (χ2v) is 2.77. The van der Waals surface area contributed by atoms with Crippen LogP contribution >= 0.6 is 0 Å². The predicted octanol–water partition coefficient (Wildman–Crippen LogP) is 4.36. The Hall–Kier alpha value is -0.0400. The topological polar surface area (TPSA) is 26.0 Å². The van der Waals surface area contributed by atoms with Crippen molar-refractivity contribution >= 4 is 0 Å². The maximum atomic E-state index is 4.50. The highest BCUT2D eigenvalue weighted by atomic mass is 14.4. The molecule has 0 aliphatic carbocycles. The van der Waals surface area contributed by atoms with E-state index in [2.05, 4.69) is 19.6 Å². The highest BCUT2D eigenvalue weighted by molar-refractivity contribution is 4.41. The van der Waals surface area contributed by atoms with Crippen LogP contribution in [-0.2, 0) is 0 Å². The third-order valence-corrected chi connectivity index (χ3v) is 1.71. The molecule has 13 heavy (non-hydrogen) atoms. The fraction of sp³-hybridized carbons (Fsp3) is 1.00. The van der Waals surface area contributed by atoms with E-state index in [9.17, 15) is 0 Å². The van der Waals surface area contributed by atoms with Crippen LogP contribution in [0, 0.1) is 0 Å². The van der Waals surface area contributed by atoms with Gasteiger partial charge < -0.3 is 5.73 Å². The van der Waals surface area contributed by atoms with Gasteiger partial charge in [0.05, 0.1) is 0 Å². The lowest BCUT2D eigenvalue weighted by atomic mass is 10.1. The molecule has 0 aromatic heterocycles. The number of nitrogens with two attached hydrogens (primary N) is 1. The Morgan fingerprint density at radius 1 is 0.615 bits per heavy atom. The SMILES string of the molecule is CC.CCCCCCCCC.CN. The quantitative estimate of drug-likeness (QED) is 0.617. The molecule has 0 saturated carbocycles. The van der Waals surface area contributed by atoms with E-state index in [1.807, 2.05) is 13.8 Å². The van der Waals surface area contributed by atoms with Gasteiger partial charge in [0, 0.05) is 0 Å². The van der Waals surface area contributed by atoms with Crippen LogP contribution in [0.3, 0.4) is 0 Å².